The number of halogens is 1. The van der Waals surface area contributed by atoms with Crippen molar-refractivity contribution in [1.29, 1.82) is 5.26 Å². The number of thiophene rings is 1. The second kappa shape index (κ2) is 9.23. The predicted molar refractivity (Wildman–Crippen MR) is 121 cm³/mol. The van der Waals surface area contributed by atoms with Gasteiger partial charge in [-0.3, -0.25) is 9.67 Å². The van der Waals surface area contributed by atoms with Crippen molar-refractivity contribution in [2.75, 3.05) is 5.73 Å². The molecule has 0 aliphatic carbocycles. The number of aryl methyl sites for hydroxylation is 1. The number of benzene rings is 1. The molecule has 150 valence electrons. The van der Waals surface area contributed by atoms with E-state index in [-0.39, 0.29) is 12.5 Å². The summed E-state index contributed by atoms with van der Waals surface area (Å²) in [6.45, 7) is 4.19. The molecule has 1 fully saturated rings. The maximum Gasteiger partial charge on any atom is 0.267 e. The van der Waals surface area contributed by atoms with Crippen molar-refractivity contribution in [3.05, 3.63) is 40.7 Å². The Morgan fingerprint density at radius 3 is 2.76 bits per heavy atom. The minimum absolute atomic E-state index is 0.192. The number of nitriles is 1. The van der Waals surface area contributed by atoms with Gasteiger partial charge in [0, 0.05) is 47.3 Å². The molecule has 3 aromatic rings. The summed E-state index contributed by atoms with van der Waals surface area (Å²) < 4.78 is 15.8. The van der Waals surface area contributed by atoms with Crippen LogP contribution in [0.3, 0.4) is 0 Å². The van der Waals surface area contributed by atoms with Gasteiger partial charge in [-0.05, 0) is 18.1 Å². The van der Waals surface area contributed by atoms with Crippen LogP contribution in [-0.4, -0.2) is 22.7 Å². The van der Waals surface area contributed by atoms with E-state index in [1.807, 2.05) is 19.9 Å². The monoisotopic (exact) mass is 409 g/mol. The van der Waals surface area contributed by atoms with Crippen LogP contribution < -0.4 is 5.73 Å². The van der Waals surface area contributed by atoms with Crippen molar-refractivity contribution in [3.63, 3.8) is 0 Å². The minimum Gasteiger partial charge on any atom is -0.390 e. The van der Waals surface area contributed by atoms with Gasteiger partial charge < -0.3 is 5.73 Å². The van der Waals surface area contributed by atoms with Crippen LogP contribution in [0.5, 0.6) is 0 Å². The van der Waals surface area contributed by atoms with E-state index in [0.717, 1.165) is 41.4 Å². The van der Waals surface area contributed by atoms with Crippen molar-refractivity contribution in [2.24, 2.45) is 12.0 Å². The molecule has 3 heterocycles. The number of hydrogen-bond acceptors (Lipinski definition) is 5. The lowest BCUT2D eigenvalue weighted by Gasteiger charge is -2.21. The van der Waals surface area contributed by atoms with Crippen molar-refractivity contribution >= 4 is 45.9 Å². The van der Waals surface area contributed by atoms with Gasteiger partial charge in [0.25, 0.3) is 6.71 Å². The fourth-order valence-corrected chi connectivity index (χ4v) is 4.74. The molecule has 8 heteroatoms. The van der Waals surface area contributed by atoms with Gasteiger partial charge in [-0.25, -0.2) is 9.65 Å². The summed E-state index contributed by atoms with van der Waals surface area (Å²) in [6, 6.07) is 5.28. The molecule has 0 atom stereocenters. The molecule has 1 aliphatic rings. The van der Waals surface area contributed by atoms with E-state index in [1.54, 1.807) is 35.5 Å². The highest BCUT2D eigenvalue weighted by Gasteiger charge is 2.26. The fraction of sp³-hybridized carbons (Fsp3) is 0.381. The highest BCUT2D eigenvalue weighted by atomic mass is 32.1. The first-order chi connectivity index (χ1) is 14.0. The molecular formula is C21H25BFN5S. The predicted octanol–water partition coefficient (Wildman–Crippen LogP) is 5.57. The second-order valence-electron chi connectivity index (χ2n) is 7.07. The van der Waals surface area contributed by atoms with Crippen molar-refractivity contribution in [2.45, 2.75) is 45.2 Å². The third-order valence-electron chi connectivity index (χ3n) is 5.14. The molecule has 1 saturated heterocycles. The standard InChI is InChI=1S/C19H19BFN5S.C2H6/c1-26-10-14-6-15(8-16(21)18(14)25-26)24-9-13-7-17(27-19(13)23)12-2-4-20(11-22)5-3-12;1-2/h6-10,12H,2-5,23H2,1H3;1-2H3. The lowest BCUT2D eigenvalue weighted by Crippen LogP contribution is -2.18. The maximum atomic E-state index is 14.2. The van der Waals surface area contributed by atoms with Crippen molar-refractivity contribution in [3.8, 4) is 5.97 Å². The van der Waals surface area contributed by atoms with E-state index >= 15 is 0 Å². The molecule has 2 aromatic heterocycles. The van der Waals surface area contributed by atoms with Crippen LogP contribution in [0.4, 0.5) is 15.1 Å². The first-order valence-electron chi connectivity index (χ1n) is 9.99. The Kier molecular flexibility index (Phi) is 6.70. The molecule has 4 rings (SSSR count). The molecule has 0 unspecified atom stereocenters. The summed E-state index contributed by atoms with van der Waals surface area (Å²) in [6.07, 6.45) is 7.42. The quantitative estimate of drug-likeness (QED) is 0.454. The van der Waals surface area contributed by atoms with Crippen LogP contribution >= 0.6 is 11.3 Å². The van der Waals surface area contributed by atoms with Gasteiger partial charge in [0.2, 0.25) is 0 Å². The summed E-state index contributed by atoms with van der Waals surface area (Å²) in [7, 11) is 1.76. The molecular weight excluding hydrogens is 384 g/mol. The van der Waals surface area contributed by atoms with Crippen LogP contribution in [0.15, 0.2) is 29.4 Å². The molecule has 0 saturated carbocycles. The molecule has 29 heavy (non-hydrogen) atoms. The van der Waals surface area contributed by atoms with Gasteiger partial charge in [0.1, 0.15) is 5.52 Å². The number of rotatable bonds is 3. The van der Waals surface area contributed by atoms with E-state index in [0.29, 0.717) is 17.1 Å². The topological polar surface area (TPSA) is 80.0 Å². The number of aromatic nitrogens is 2. The SMILES string of the molecule is CC.Cn1cc2cc(N=Cc3cc(C4CCB(C#N)CC4)sc3N)cc(F)c2n1. The summed E-state index contributed by atoms with van der Waals surface area (Å²) in [4.78, 5) is 5.67. The lowest BCUT2D eigenvalue weighted by molar-refractivity contribution is 0.621. The molecule has 1 aliphatic heterocycles. The van der Waals surface area contributed by atoms with E-state index in [1.165, 1.54) is 10.9 Å². The molecule has 5 nitrogen and oxygen atoms in total. The molecule has 1 aromatic carbocycles. The zero-order valence-electron chi connectivity index (χ0n) is 17.0. The minimum atomic E-state index is -0.381. The third-order valence-corrected chi connectivity index (χ3v) is 6.28. The first-order valence-corrected chi connectivity index (χ1v) is 10.8. The second-order valence-corrected chi connectivity index (χ2v) is 8.19. The largest absolute Gasteiger partial charge is 0.390 e. The highest BCUT2D eigenvalue weighted by molar-refractivity contribution is 7.16. The number of hydrogen-bond donors (Lipinski definition) is 1. The number of nitrogens with zero attached hydrogens (tertiary/aromatic N) is 4. The summed E-state index contributed by atoms with van der Waals surface area (Å²) in [5, 5.41) is 14.6. The number of anilines is 1. The van der Waals surface area contributed by atoms with Gasteiger partial charge in [0.15, 0.2) is 5.82 Å². The Balaban J connectivity index is 0.00000117. The number of nitrogens with two attached hydrogens (primary N) is 1. The first kappa shape index (κ1) is 21.1. The maximum absolute atomic E-state index is 14.2. The number of aliphatic imine (C=N–C) groups is 1. The van der Waals surface area contributed by atoms with Gasteiger partial charge in [-0.15, -0.1) is 11.3 Å². The van der Waals surface area contributed by atoms with E-state index in [9.17, 15) is 4.39 Å². The van der Waals surface area contributed by atoms with Gasteiger partial charge in [-0.2, -0.15) is 5.10 Å². The number of nitrogen functional groups attached to an aromatic ring is 1. The third kappa shape index (κ3) is 4.68. The van der Waals surface area contributed by atoms with Crippen LogP contribution in [-0.2, 0) is 7.05 Å². The van der Waals surface area contributed by atoms with Crippen LogP contribution in [0.25, 0.3) is 10.9 Å². The van der Waals surface area contributed by atoms with Gasteiger partial charge >= 0.3 is 0 Å². The molecule has 0 bridgehead atoms. The summed E-state index contributed by atoms with van der Waals surface area (Å²) in [5.41, 5.74) is 7.93. The smallest absolute Gasteiger partial charge is 0.267 e. The van der Waals surface area contributed by atoms with Gasteiger partial charge in [-0.1, -0.05) is 39.3 Å². The Hall–Kier alpha value is -2.66. The molecule has 0 spiro atoms. The normalized spacial score (nSPS) is 14.8. The number of fused-ring (bicyclic) bond motifs is 1. The van der Waals surface area contributed by atoms with E-state index in [2.05, 4.69) is 22.1 Å². The Labute approximate surface area is 175 Å². The average Bonchev–Trinajstić information content (AvgIpc) is 3.30. The summed E-state index contributed by atoms with van der Waals surface area (Å²) in [5.74, 6) is 2.46. The summed E-state index contributed by atoms with van der Waals surface area (Å²) >= 11 is 1.59. The Morgan fingerprint density at radius 2 is 2.07 bits per heavy atom. The molecule has 0 radical (unpaired) electrons. The van der Waals surface area contributed by atoms with E-state index in [4.69, 9.17) is 11.0 Å². The zero-order chi connectivity index (χ0) is 21.0. The lowest BCUT2D eigenvalue weighted by atomic mass is 9.42. The molecule has 0 amide bonds. The van der Waals surface area contributed by atoms with Crippen LogP contribution in [0.1, 0.15) is 43.0 Å². The van der Waals surface area contributed by atoms with E-state index < -0.39 is 0 Å². The van der Waals surface area contributed by atoms with Crippen molar-refractivity contribution < 1.29 is 4.39 Å². The highest BCUT2D eigenvalue weighted by Crippen LogP contribution is 2.39. The Morgan fingerprint density at radius 1 is 1.34 bits per heavy atom. The fourth-order valence-electron chi connectivity index (χ4n) is 3.66. The van der Waals surface area contributed by atoms with Gasteiger partial charge in [0.05, 0.1) is 10.7 Å². The van der Waals surface area contributed by atoms with Crippen LogP contribution in [0.2, 0.25) is 12.6 Å². The zero-order valence-corrected chi connectivity index (χ0v) is 17.8. The van der Waals surface area contributed by atoms with Crippen molar-refractivity contribution in [1.82, 2.24) is 9.78 Å². The Bertz CT molecular complexity index is 1060. The van der Waals surface area contributed by atoms with Crippen LogP contribution in [0, 0.1) is 17.0 Å². The molecule has 2 N–H and O–H groups in total. The average molecular weight is 409 g/mol.